The molecule has 0 heterocycles. The molecule has 138 valence electrons. The standard InChI is InChI=1S/C16H21F2N3O4/c1-21(9-14(22)20-16(23)19-11-4-5-11)8-10-3-6-12(24-2)13(7-10)25-15(17)18/h3,6-7,11,15H,4-5,8-9H2,1-2H3,(H2,19,20,22,23). The summed E-state index contributed by atoms with van der Waals surface area (Å²) in [6.45, 7) is -2.67. The second kappa shape index (κ2) is 8.61. The zero-order valence-electron chi connectivity index (χ0n) is 14.1. The molecule has 0 unspecified atom stereocenters. The third-order valence-corrected chi connectivity index (χ3v) is 3.48. The number of hydrogen-bond acceptors (Lipinski definition) is 5. The van der Waals surface area contributed by atoms with Crippen LogP contribution in [-0.4, -0.2) is 50.2 Å². The maximum absolute atomic E-state index is 12.4. The number of carbonyl (C=O) groups excluding carboxylic acids is 2. The second-order valence-electron chi connectivity index (χ2n) is 5.83. The first-order valence-electron chi connectivity index (χ1n) is 7.78. The summed E-state index contributed by atoms with van der Waals surface area (Å²) in [6, 6.07) is 4.30. The maximum atomic E-state index is 12.4. The summed E-state index contributed by atoms with van der Waals surface area (Å²) in [7, 11) is 3.03. The Balaban J connectivity index is 1.87. The topological polar surface area (TPSA) is 79.9 Å². The van der Waals surface area contributed by atoms with Crippen LogP contribution in [0.25, 0.3) is 0 Å². The number of alkyl halides is 2. The van der Waals surface area contributed by atoms with Crippen LogP contribution in [0.2, 0.25) is 0 Å². The van der Waals surface area contributed by atoms with Crippen LogP contribution >= 0.6 is 0 Å². The molecule has 0 aromatic heterocycles. The van der Waals surface area contributed by atoms with Gasteiger partial charge in [0.2, 0.25) is 5.91 Å². The van der Waals surface area contributed by atoms with E-state index >= 15 is 0 Å². The maximum Gasteiger partial charge on any atom is 0.387 e. The van der Waals surface area contributed by atoms with E-state index in [1.54, 1.807) is 18.0 Å². The van der Waals surface area contributed by atoms with Crippen molar-refractivity contribution in [2.45, 2.75) is 32.0 Å². The minimum absolute atomic E-state index is 0.0187. The minimum Gasteiger partial charge on any atom is -0.493 e. The zero-order chi connectivity index (χ0) is 18.4. The fourth-order valence-electron chi connectivity index (χ4n) is 2.24. The summed E-state index contributed by atoms with van der Waals surface area (Å²) in [6.07, 6.45) is 1.87. The molecule has 9 heteroatoms. The fraction of sp³-hybridized carbons (Fsp3) is 0.500. The molecule has 2 N–H and O–H groups in total. The molecule has 0 radical (unpaired) electrons. The van der Waals surface area contributed by atoms with Crippen LogP contribution in [0.5, 0.6) is 11.5 Å². The largest absolute Gasteiger partial charge is 0.493 e. The molecule has 25 heavy (non-hydrogen) atoms. The van der Waals surface area contributed by atoms with Gasteiger partial charge in [0.05, 0.1) is 13.7 Å². The van der Waals surface area contributed by atoms with Crippen LogP contribution in [0.3, 0.4) is 0 Å². The number of likely N-dealkylation sites (N-methyl/N-ethyl adjacent to an activating group) is 1. The molecule has 0 spiro atoms. The van der Waals surface area contributed by atoms with E-state index in [1.807, 2.05) is 0 Å². The molecule has 1 aromatic carbocycles. The van der Waals surface area contributed by atoms with Gasteiger partial charge in [0.15, 0.2) is 11.5 Å². The molecular formula is C16H21F2N3O4. The smallest absolute Gasteiger partial charge is 0.387 e. The van der Waals surface area contributed by atoms with Gasteiger partial charge in [-0.05, 0) is 37.6 Å². The Morgan fingerprint density at radius 1 is 1.32 bits per heavy atom. The molecule has 1 saturated carbocycles. The number of ether oxygens (including phenoxy) is 2. The Kier molecular flexibility index (Phi) is 6.51. The molecular weight excluding hydrogens is 336 g/mol. The molecule has 0 bridgehead atoms. The molecule has 0 saturated heterocycles. The molecule has 1 aromatic rings. The fourth-order valence-corrected chi connectivity index (χ4v) is 2.24. The summed E-state index contributed by atoms with van der Waals surface area (Å²) in [5, 5.41) is 4.90. The average Bonchev–Trinajstić information content (AvgIpc) is 3.30. The van der Waals surface area contributed by atoms with Gasteiger partial charge in [-0.2, -0.15) is 8.78 Å². The summed E-state index contributed by atoms with van der Waals surface area (Å²) in [5.41, 5.74) is 0.661. The lowest BCUT2D eigenvalue weighted by molar-refractivity contribution is -0.120. The lowest BCUT2D eigenvalue weighted by atomic mass is 10.2. The number of halogens is 2. The van der Waals surface area contributed by atoms with E-state index in [-0.39, 0.29) is 24.1 Å². The Hall–Kier alpha value is -2.42. The van der Waals surface area contributed by atoms with Crippen LogP contribution in [-0.2, 0) is 11.3 Å². The first-order valence-corrected chi connectivity index (χ1v) is 7.78. The number of amides is 3. The number of nitrogens with zero attached hydrogens (tertiary/aromatic N) is 1. The third-order valence-electron chi connectivity index (χ3n) is 3.48. The predicted octanol–water partition coefficient (Wildman–Crippen LogP) is 1.72. The van der Waals surface area contributed by atoms with Gasteiger partial charge in [0.1, 0.15) is 0 Å². The van der Waals surface area contributed by atoms with Crippen molar-refractivity contribution in [3.8, 4) is 11.5 Å². The van der Waals surface area contributed by atoms with E-state index in [2.05, 4.69) is 15.4 Å². The van der Waals surface area contributed by atoms with E-state index in [1.165, 1.54) is 19.2 Å². The summed E-state index contributed by atoms with van der Waals surface area (Å²) < 4.78 is 34.3. The van der Waals surface area contributed by atoms with Crippen molar-refractivity contribution in [2.24, 2.45) is 0 Å². The lowest BCUT2D eigenvalue weighted by Gasteiger charge is -2.17. The second-order valence-corrected chi connectivity index (χ2v) is 5.83. The van der Waals surface area contributed by atoms with E-state index < -0.39 is 18.5 Å². The first-order chi connectivity index (χ1) is 11.9. The molecule has 1 aliphatic rings. The number of hydrogen-bond donors (Lipinski definition) is 2. The number of urea groups is 1. The van der Waals surface area contributed by atoms with Crippen molar-refractivity contribution < 1.29 is 27.8 Å². The number of methoxy groups -OCH3 is 1. The van der Waals surface area contributed by atoms with Crippen molar-refractivity contribution in [3.05, 3.63) is 23.8 Å². The van der Waals surface area contributed by atoms with Gasteiger partial charge in [-0.1, -0.05) is 6.07 Å². The zero-order valence-corrected chi connectivity index (χ0v) is 14.1. The lowest BCUT2D eigenvalue weighted by Crippen LogP contribution is -2.44. The molecule has 7 nitrogen and oxygen atoms in total. The Bertz CT molecular complexity index is 623. The molecule has 0 aliphatic heterocycles. The molecule has 2 rings (SSSR count). The van der Waals surface area contributed by atoms with E-state index in [0.29, 0.717) is 12.1 Å². The van der Waals surface area contributed by atoms with Gasteiger partial charge in [-0.25, -0.2) is 4.79 Å². The van der Waals surface area contributed by atoms with Crippen LogP contribution < -0.4 is 20.1 Å². The summed E-state index contributed by atoms with van der Waals surface area (Å²) in [4.78, 5) is 25.0. The van der Waals surface area contributed by atoms with Crippen molar-refractivity contribution in [1.29, 1.82) is 0 Å². The SMILES string of the molecule is COc1ccc(CN(C)CC(=O)NC(=O)NC2CC2)cc1OC(F)F. The number of benzene rings is 1. The van der Waals surface area contributed by atoms with E-state index in [0.717, 1.165) is 12.8 Å². The average molecular weight is 357 g/mol. The third kappa shape index (κ3) is 6.54. The molecule has 1 aliphatic carbocycles. The highest BCUT2D eigenvalue weighted by Crippen LogP contribution is 2.29. The van der Waals surface area contributed by atoms with Gasteiger partial charge < -0.3 is 14.8 Å². The van der Waals surface area contributed by atoms with Crippen LogP contribution in [0.15, 0.2) is 18.2 Å². The number of rotatable bonds is 8. The van der Waals surface area contributed by atoms with Crippen molar-refractivity contribution >= 4 is 11.9 Å². The summed E-state index contributed by atoms with van der Waals surface area (Å²) >= 11 is 0. The van der Waals surface area contributed by atoms with Gasteiger partial charge in [-0.15, -0.1) is 0 Å². The monoisotopic (exact) mass is 357 g/mol. The van der Waals surface area contributed by atoms with Gasteiger partial charge >= 0.3 is 12.6 Å². The highest BCUT2D eigenvalue weighted by molar-refractivity contribution is 5.95. The summed E-state index contributed by atoms with van der Waals surface area (Å²) in [5.74, 6) is -0.323. The Labute approximate surface area is 144 Å². The van der Waals surface area contributed by atoms with Crippen LogP contribution in [0, 0.1) is 0 Å². The van der Waals surface area contributed by atoms with Crippen LogP contribution in [0.1, 0.15) is 18.4 Å². The van der Waals surface area contributed by atoms with Crippen molar-refractivity contribution in [3.63, 3.8) is 0 Å². The molecule has 3 amide bonds. The molecule has 1 fully saturated rings. The van der Waals surface area contributed by atoms with Gasteiger partial charge in [0, 0.05) is 12.6 Å². The number of imide groups is 1. The number of nitrogens with one attached hydrogen (secondary N) is 2. The highest BCUT2D eigenvalue weighted by atomic mass is 19.3. The first kappa shape index (κ1) is 18.9. The predicted molar refractivity (Wildman–Crippen MR) is 85.7 cm³/mol. The van der Waals surface area contributed by atoms with E-state index in [4.69, 9.17) is 4.74 Å². The van der Waals surface area contributed by atoms with Gasteiger partial charge in [-0.3, -0.25) is 15.0 Å². The van der Waals surface area contributed by atoms with Crippen LogP contribution in [0.4, 0.5) is 13.6 Å². The van der Waals surface area contributed by atoms with Crippen molar-refractivity contribution in [2.75, 3.05) is 20.7 Å². The Morgan fingerprint density at radius 3 is 2.64 bits per heavy atom. The van der Waals surface area contributed by atoms with Gasteiger partial charge in [0.25, 0.3) is 0 Å². The molecule has 0 atom stereocenters. The highest BCUT2D eigenvalue weighted by Gasteiger charge is 2.24. The number of carbonyl (C=O) groups is 2. The Morgan fingerprint density at radius 2 is 2.04 bits per heavy atom. The van der Waals surface area contributed by atoms with Crippen molar-refractivity contribution in [1.82, 2.24) is 15.5 Å². The van der Waals surface area contributed by atoms with E-state index in [9.17, 15) is 18.4 Å². The quantitative estimate of drug-likeness (QED) is 0.741. The minimum atomic E-state index is -2.96. The normalized spacial score (nSPS) is 13.7.